The number of rotatable bonds is 8. The van der Waals surface area contributed by atoms with Gasteiger partial charge in [0.25, 0.3) is 5.91 Å². The van der Waals surface area contributed by atoms with Crippen LogP contribution in [0.3, 0.4) is 0 Å². The SMILES string of the molecule is COc1ccc(OC)c(C(=O)OCC(=O)NCCc2ccc(Cl)cc2)c1. The summed E-state index contributed by atoms with van der Waals surface area (Å²) < 4.78 is 15.3. The highest BCUT2D eigenvalue weighted by Gasteiger charge is 2.16. The average Bonchev–Trinajstić information content (AvgIpc) is 2.67. The van der Waals surface area contributed by atoms with Crippen LogP contribution in [0.5, 0.6) is 11.5 Å². The van der Waals surface area contributed by atoms with E-state index in [0.717, 1.165) is 5.56 Å². The standard InChI is InChI=1S/C19H20ClNO5/c1-24-15-7-8-17(25-2)16(11-15)19(23)26-12-18(22)21-10-9-13-3-5-14(20)6-4-13/h3-8,11H,9-10,12H2,1-2H3,(H,21,22). The van der Waals surface area contributed by atoms with E-state index < -0.39 is 5.97 Å². The van der Waals surface area contributed by atoms with E-state index in [1.165, 1.54) is 20.3 Å². The Labute approximate surface area is 157 Å². The van der Waals surface area contributed by atoms with Crippen molar-refractivity contribution in [2.24, 2.45) is 0 Å². The van der Waals surface area contributed by atoms with Gasteiger partial charge in [-0.3, -0.25) is 4.79 Å². The second-order valence-corrected chi connectivity index (χ2v) is 5.81. The fourth-order valence-electron chi connectivity index (χ4n) is 2.23. The van der Waals surface area contributed by atoms with Crippen LogP contribution < -0.4 is 14.8 Å². The molecule has 0 aromatic heterocycles. The first kappa shape index (κ1) is 19.6. The summed E-state index contributed by atoms with van der Waals surface area (Å²) in [5.74, 6) is -0.202. The molecule has 0 atom stereocenters. The molecule has 7 heteroatoms. The van der Waals surface area contributed by atoms with Crippen LogP contribution in [0.25, 0.3) is 0 Å². The molecule has 0 spiro atoms. The van der Waals surface area contributed by atoms with E-state index >= 15 is 0 Å². The van der Waals surface area contributed by atoms with Gasteiger partial charge in [-0.05, 0) is 42.3 Å². The zero-order chi connectivity index (χ0) is 18.9. The van der Waals surface area contributed by atoms with Crippen LogP contribution in [0.15, 0.2) is 42.5 Å². The Kier molecular flexibility index (Phi) is 7.29. The first-order chi connectivity index (χ1) is 12.5. The molecule has 0 aliphatic heterocycles. The van der Waals surface area contributed by atoms with Crippen LogP contribution in [-0.2, 0) is 16.0 Å². The van der Waals surface area contributed by atoms with E-state index in [9.17, 15) is 9.59 Å². The maximum Gasteiger partial charge on any atom is 0.342 e. The fourth-order valence-corrected chi connectivity index (χ4v) is 2.36. The van der Waals surface area contributed by atoms with Crippen molar-refractivity contribution in [3.05, 3.63) is 58.6 Å². The Bertz CT molecular complexity index is 761. The molecular weight excluding hydrogens is 358 g/mol. The third-order valence-electron chi connectivity index (χ3n) is 3.61. The Hall–Kier alpha value is -2.73. The normalized spacial score (nSPS) is 10.1. The number of hydrogen-bond acceptors (Lipinski definition) is 5. The molecule has 0 radical (unpaired) electrons. The maximum absolute atomic E-state index is 12.2. The van der Waals surface area contributed by atoms with Gasteiger partial charge in [-0.25, -0.2) is 4.79 Å². The Morgan fingerprint density at radius 2 is 1.77 bits per heavy atom. The molecule has 0 saturated heterocycles. The van der Waals surface area contributed by atoms with Crippen LogP contribution in [0, 0.1) is 0 Å². The van der Waals surface area contributed by atoms with E-state index in [-0.39, 0.29) is 18.1 Å². The third-order valence-corrected chi connectivity index (χ3v) is 3.86. The lowest BCUT2D eigenvalue weighted by Crippen LogP contribution is -2.30. The zero-order valence-electron chi connectivity index (χ0n) is 14.6. The molecule has 26 heavy (non-hydrogen) atoms. The van der Waals surface area contributed by atoms with Crippen molar-refractivity contribution in [1.29, 1.82) is 0 Å². The van der Waals surface area contributed by atoms with Crippen molar-refractivity contribution in [3.8, 4) is 11.5 Å². The number of hydrogen-bond donors (Lipinski definition) is 1. The number of ether oxygens (including phenoxy) is 3. The average molecular weight is 378 g/mol. The minimum absolute atomic E-state index is 0.195. The van der Waals surface area contributed by atoms with E-state index in [1.54, 1.807) is 24.3 Å². The molecule has 1 amide bonds. The summed E-state index contributed by atoms with van der Waals surface area (Å²) in [4.78, 5) is 24.0. The summed E-state index contributed by atoms with van der Waals surface area (Å²) in [6, 6.07) is 12.1. The number of esters is 1. The van der Waals surface area contributed by atoms with Gasteiger partial charge in [0.05, 0.1) is 14.2 Å². The molecule has 0 aliphatic rings. The van der Waals surface area contributed by atoms with Crippen LogP contribution >= 0.6 is 11.6 Å². The summed E-state index contributed by atoms with van der Waals surface area (Å²) in [6.07, 6.45) is 0.653. The molecule has 6 nitrogen and oxygen atoms in total. The second kappa shape index (κ2) is 9.68. The molecule has 0 bridgehead atoms. The van der Waals surface area contributed by atoms with E-state index in [0.29, 0.717) is 29.5 Å². The number of methoxy groups -OCH3 is 2. The topological polar surface area (TPSA) is 73.9 Å². The number of amides is 1. The van der Waals surface area contributed by atoms with Crippen molar-refractivity contribution in [1.82, 2.24) is 5.32 Å². The summed E-state index contributed by atoms with van der Waals surface area (Å²) in [6.45, 7) is 0.0559. The molecular formula is C19H20ClNO5. The van der Waals surface area contributed by atoms with Crippen LogP contribution in [-0.4, -0.2) is 39.2 Å². The Balaban J connectivity index is 1.81. The zero-order valence-corrected chi connectivity index (χ0v) is 15.3. The first-order valence-electron chi connectivity index (χ1n) is 7.93. The number of halogens is 1. The molecule has 1 N–H and O–H groups in total. The quantitative estimate of drug-likeness (QED) is 0.716. The molecule has 0 saturated carbocycles. The van der Waals surface area contributed by atoms with Crippen molar-refractivity contribution in [2.45, 2.75) is 6.42 Å². The monoisotopic (exact) mass is 377 g/mol. The third kappa shape index (κ3) is 5.67. The van der Waals surface area contributed by atoms with E-state index in [4.69, 9.17) is 25.8 Å². The van der Waals surface area contributed by atoms with Crippen LogP contribution in [0.4, 0.5) is 0 Å². The fraction of sp³-hybridized carbons (Fsp3) is 0.263. The van der Waals surface area contributed by atoms with Crippen LogP contribution in [0.1, 0.15) is 15.9 Å². The van der Waals surface area contributed by atoms with Crippen molar-refractivity contribution in [2.75, 3.05) is 27.4 Å². The summed E-state index contributed by atoms with van der Waals surface area (Å²) in [5, 5.41) is 3.36. The molecule has 0 aliphatic carbocycles. The van der Waals surface area contributed by atoms with Crippen molar-refractivity contribution < 1.29 is 23.8 Å². The summed E-state index contributed by atoms with van der Waals surface area (Å²) in [7, 11) is 2.94. The molecule has 0 heterocycles. The summed E-state index contributed by atoms with van der Waals surface area (Å²) in [5.41, 5.74) is 1.24. The van der Waals surface area contributed by atoms with Gasteiger partial charge in [0.15, 0.2) is 6.61 Å². The smallest absolute Gasteiger partial charge is 0.342 e. The highest BCUT2D eigenvalue weighted by Crippen LogP contribution is 2.24. The van der Waals surface area contributed by atoms with E-state index in [2.05, 4.69) is 5.32 Å². The number of carbonyl (C=O) groups excluding carboxylic acids is 2. The van der Waals surface area contributed by atoms with Gasteiger partial charge in [-0.1, -0.05) is 23.7 Å². The molecule has 2 rings (SSSR count). The minimum atomic E-state index is -0.659. The lowest BCUT2D eigenvalue weighted by molar-refractivity contribution is -0.124. The number of nitrogens with one attached hydrogen (secondary N) is 1. The van der Waals surface area contributed by atoms with Gasteiger partial charge in [-0.2, -0.15) is 0 Å². The predicted octanol–water partition coefficient (Wildman–Crippen LogP) is 2.87. The van der Waals surface area contributed by atoms with Crippen LogP contribution in [0.2, 0.25) is 5.02 Å². The second-order valence-electron chi connectivity index (χ2n) is 5.37. The van der Waals surface area contributed by atoms with Gasteiger partial charge >= 0.3 is 5.97 Å². The van der Waals surface area contributed by atoms with Gasteiger partial charge in [-0.15, -0.1) is 0 Å². The molecule has 2 aromatic rings. The Morgan fingerprint density at radius 1 is 1.04 bits per heavy atom. The van der Waals surface area contributed by atoms with Crippen molar-refractivity contribution >= 4 is 23.5 Å². The molecule has 2 aromatic carbocycles. The van der Waals surface area contributed by atoms with Crippen molar-refractivity contribution in [3.63, 3.8) is 0 Å². The molecule has 138 valence electrons. The highest BCUT2D eigenvalue weighted by atomic mass is 35.5. The van der Waals surface area contributed by atoms with Gasteiger partial charge in [0.2, 0.25) is 0 Å². The number of carbonyl (C=O) groups is 2. The van der Waals surface area contributed by atoms with E-state index in [1.807, 2.05) is 12.1 Å². The molecule has 0 fully saturated rings. The lowest BCUT2D eigenvalue weighted by Gasteiger charge is -2.10. The Morgan fingerprint density at radius 3 is 2.42 bits per heavy atom. The number of benzene rings is 2. The lowest BCUT2D eigenvalue weighted by atomic mass is 10.1. The minimum Gasteiger partial charge on any atom is -0.497 e. The highest BCUT2D eigenvalue weighted by molar-refractivity contribution is 6.30. The maximum atomic E-state index is 12.2. The first-order valence-corrected chi connectivity index (χ1v) is 8.31. The summed E-state index contributed by atoms with van der Waals surface area (Å²) >= 11 is 5.82. The van der Waals surface area contributed by atoms with Gasteiger partial charge < -0.3 is 19.5 Å². The molecule has 0 unspecified atom stereocenters. The largest absolute Gasteiger partial charge is 0.497 e. The van der Waals surface area contributed by atoms with Gasteiger partial charge in [0.1, 0.15) is 17.1 Å². The predicted molar refractivity (Wildman–Crippen MR) is 98.0 cm³/mol. The van der Waals surface area contributed by atoms with Gasteiger partial charge in [0, 0.05) is 11.6 Å².